The van der Waals surface area contributed by atoms with E-state index >= 15 is 0 Å². The van der Waals surface area contributed by atoms with E-state index in [0.717, 1.165) is 35.3 Å². The number of alkyl halides is 3. The molecule has 0 amide bonds. The minimum absolute atomic E-state index is 0.255. The maximum Gasteiger partial charge on any atom is 0.417 e. The number of nitrogens with one attached hydrogen (secondary N) is 1. The molecule has 136 valence electrons. The zero-order chi connectivity index (χ0) is 18.7. The van der Waals surface area contributed by atoms with E-state index in [1.807, 2.05) is 11.0 Å². The Hall–Kier alpha value is -2.27. The van der Waals surface area contributed by atoms with Crippen LogP contribution in [0.1, 0.15) is 24.0 Å². The second kappa shape index (κ2) is 7.54. The molecule has 1 aromatic carbocycles. The van der Waals surface area contributed by atoms with Crippen LogP contribution in [-0.2, 0) is 6.18 Å². The van der Waals surface area contributed by atoms with Crippen LogP contribution in [0.5, 0.6) is 0 Å². The lowest BCUT2D eigenvalue weighted by atomic mass is 10.0. The minimum atomic E-state index is -4.36. The van der Waals surface area contributed by atoms with E-state index in [0.29, 0.717) is 24.5 Å². The summed E-state index contributed by atoms with van der Waals surface area (Å²) in [6.07, 6.45) is -1.80. The highest BCUT2D eigenvalue weighted by molar-refractivity contribution is 9.10. The molecule has 1 fully saturated rings. The molecular formula is C18H16BrF3N4. The van der Waals surface area contributed by atoms with Crippen LogP contribution in [0.4, 0.5) is 24.7 Å². The third-order valence-corrected chi connectivity index (χ3v) is 5.01. The molecule has 0 bridgehead atoms. The average Bonchev–Trinajstić information content (AvgIpc) is 2.63. The van der Waals surface area contributed by atoms with Gasteiger partial charge in [0.1, 0.15) is 5.82 Å². The summed E-state index contributed by atoms with van der Waals surface area (Å²) in [4.78, 5) is 5.95. The molecule has 4 nitrogen and oxygen atoms in total. The van der Waals surface area contributed by atoms with Crippen molar-refractivity contribution in [2.24, 2.45) is 0 Å². The maximum atomic E-state index is 12.6. The van der Waals surface area contributed by atoms with Crippen LogP contribution in [0, 0.1) is 11.3 Å². The molecule has 1 N–H and O–H groups in total. The SMILES string of the molecule is N#Cc1ccc(NC2CCN(c3ccc(C(F)(F)F)cn3)CC2)c(Br)c1. The van der Waals surface area contributed by atoms with E-state index in [9.17, 15) is 13.2 Å². The van der Waals surface area contributed by atoms with Crippen LogP contribution in [-0.4, -0.2) is 24.1 Å². The van der Waals surface area contributed by atoms with E-state index in [2.05, 4.69) is 32.3 Å². The van der Waals surface area contributed by atoms with E-state index in [4.69, 9.17) is 5.26 Å². The maximum absolute atomic E-state index is 12.6. The molecular weight excluding hydrogens is 409 g/mol. The van der Waals surface area contributed by atoms with Gasteiger partial charge < -0.3 is 10.2 Å². The molecule has 0 atom stereocenters. The number of aromatic nitrogens is 1. The van der Waals surface area contributed by atoms with Crippen LogP contribution < -0.4 is 10.2 Å². The number of nitrogens with zero attached hydrogens (tertiary/aromatic N) is 3. The van der Waals surface area contributed by atoms with Gasteiger partial charge >= 0.3 is 6.18 Å². The minimum Gasteiger partial charge on any atom is -0.381 e. The standard InChI is InChI=1S/C18H16BrF3N4/c19-15-9-12(10-23)1-3-16(15)25-14-5-7-26(8-6-14)17-4-2-13(11-24-17)18(20,21)22/h1-4,9,11,14,25H,5-8H2. The number of halogens is 4. The van der Waals surface area contributed by atoms with Crippen molar-refractivity contribution in [2.45, 2.75) is 25.1 Å². The number of hydrogen-bond acceptors (Lipinski definition) is 4. The number of nitriles is 1. The van der Waals surface area contributed by atoms with E-state index in [1.54, 1.807) is 12.1 Å². The first kappa shape index (κ1) is 18.5. The monoisotopic (exact) mass is 424 g/mol. The highest BCUT2D eigenvalue weighted by Gasteiger charge is 2.31. The molecule has 0 unspecified atom stereocenters. The Bertz CT molecular complexity index is 807. The number of hydrogen-bond donors (Lipinski definition) is 1. The Labute approximate surface area is 157 Å². The van der Waals surface area contributed by atoms with Gasteiger partial charge in [0, 0.05) is 35.5 Å². The van der Waals surface area contributed by atoms with Gasteiger partial charge in [-0.3, -0.25) is 0 Å². The second-order valence-corrected chi connectivity index (χ2v) is 6.97. The molecule has 0 radical (unpaired) electrons. The molecule has 1 aliphatic rings. The third-order valence-electron chi connectivity index (χ3n) is 4.35. The summed E-state index contributed by atoms with van der Waals surface area (Å²) in [5.74, 6) is 0.566. The summed E-state index contributed by atoms with van der Waals surface area (Å²) in [6.45, 7) is 1.42. The summed E-state index contributed by atoms with van der Waals surface area (Å²) in [5, 5.41) is 12.4. The molecule has 0 aliphatic carbocycles. The summed E-state index contributed by atoms with van der Waals surface area (Å²) in [7, 11) is 0. The Morgan fingerprint density at radius 2 is 1.92 bits per heavy atom. The fraction of sp³-hybridized carbons (Fsp3) is 0.333. The zero-order valence-electron chi connectivity index (χ0n) is 13.7. The Kier molecular flexibility index (Phi) is 5.37. The van der Waals surface area contributed by atoms with Gasteiger partial charge in [-0.2, -0.15) is 18.4 Å². The second-order valence-electron chi connectivity index (χ2n) is 6.11. The van der Waals surface area contributed by atoms with Crippen molar-refractivity contribution in [3.05, 3.63) is 52.1 Å². The highest BCUT2D eigenvalue weighted by atomic mass is 79.9. The van der Waals surface area contributed by atoms with Crippen molar-refractivity contribution < 1.29 is 13.2 Å². The van der Waals surface area contributed by atoms with Gasteiger partial charge in [0.15, 0.2) is 0 Å². The van der Waals surface area contributed by atoms with Gasteiger partial charge in [0.05, 0.1) is 17.2 Å². The van der Waals surface area contributed by atoms with Crippen LogP contribution >= 0.6 is 15.9 Å². The highest BCUT2D eigenvalue weighted by Crippen LogP contribution is 2.30. The zero-order valence-corrected chi connectivity index (χ0v) is 15.3. The molecule has 26 heavy (non-hydrogen) atoms. The molecule has 0 spiro atoms. The molecule has 8 heteroatoms. The first-order valence-corrected chi connectivity index (χ1v) is 8.90. The quantitative estimate of drug-likeness (QED) is 0.767. The summed E-state index contributed by atoms with van der Waals surface area (Å²) < 4.78 is 38.7. The molecule has 2 aromatic rings. The molecule has 3 rings (SSSR count). The van der Waals surface area contributed by atoms with E-state index in [1.165, 1.54) is 6.07 Å². The van der Waals surface area contributed by atoms with Crippen molar-refractivity contribution in [1.29, 1.82) is 5.26 Å². The fourth-order valence-corrected chi connectivity index (χ4v) is 3.41. The van der Waals surface area contributed by atoms with Gasteiger partial charge in [-0.15, -0.1) is 0 Å². The Morgan fingerprint density at radius 3 is 2.46 bits per heavy atom. The van der Waals surface area contributed by atoms with Gasteiger partial charge in [0.25, 0.3) is 0 Å². The fourth-order valence-electron chi connectivity index (χ4n) is 2.92. The summed E-state index contributed by atoms with van der Waals surface area (Å²) in [5.41, 5.74) is 0.782. The molecule has 1 aromatic heterocycles. The first-order valence-electron chi connectivity index (χ1n) is 8.11. The van der Waals surface area contributed by atoms with Crippen LogP contribution in [0.3, 0.4) is 0 Å². The molecule has 0 saturated carbocycles. The van der Waals surface area contributed by atoms with Crippen molar-refractivity contribution in [3.8, 4) is 6.07 Å². The van der Waals surface area contributed by atoms with Crippen molar-refractivity contribution >= 4 is 27.4 Å². The number of anilines is 2. The van der Waals surface area contributed by atoms with Crippen LogP contribution in [0.15, 0.2) is 41.0 Å². The lowest BCUT2D eigenvalue weighted by Crippen LogP contribution is -2.39. The third kappa shape index (κ3) is 4.28. The Balaban J connectivity index is 1.58. The van der Waals surface area contributed by atoms with Gasteiger partial charge in [-0.1, -0.05) is 0 Å². The Morgan fingerprint density at radius 1 is 1.19 bits per heavy atom. The van der Waals surface area contributed by atoms with Crippen molar-refractivity contribution in [2.75, 3.05) is 23.3 Å². The van der Waals surface area contributed by atoms with Gasteiger partial charge in [-0.25, -0.2) is 4.98 Å². The topological polar surface area (TPSA) is 52.0 Å². The normalized spacial score (nSPS) is 15.6. The van der Waals surface area contributed by atoms with Crippen LogP contribution in [0.25, 0.3) is 0 Å². The first-order chi connectivity index (χ1) is 12.4. The predicted molar refractivity (Wildman–Crippen MR) is 97.0 cm³/mol. The summed E-state index contributed by atoms with van der Waals surface area (Å²) in [6, 6.07) is 10.2. The number of rotatable bonds is 3. The number of pyridine rings is 1. The predicted octanol–water partition coefficient (Wildman–Crippen LogP) is 4.82. The molecule has 1 saturated heterocycles. The van der Waals surface area contributed by atoms with E-state index < -0.39 is 11.7 Å². The number of benzene rings is 1. The lowest BCUT2D eigenvalue weighted by Gasteiger charge is -2.34. The van der Waals surface area contributed by atoms with Gasteiger partial charge in [-0.05, 0) is 59.1 Å². The smallest absolute Gasteiger partial charge is 0.381 e. The summed E-state index contributed by atoms with van der Waals surface area (Å²) >= 11 is 3.46. The van der Waals surface area contributed by atoms with Gasteiger partial charge in [0.2, 0.25) is 0 Å². The lowest BCUT2D eigenvalue weighted by molar-refractivity contribution is -0.137. The largest absolute Gasteiger partial charge is 0.417 e. The van der Waals surface area contributed by atoms with Crippen molar-refractivity contribution in [1.82, 2.24) is 4.98 Å². The molecule has 2 heterocycles. The average molecular weight is 425 g/mol. The molecule has 1 aliphatic heterocycles. The van der Waals surface area contributed by atoms with E-state index in [-0.39, 0.29) is 6.04 Å². The van der Waals surface area contributed by atoms with Crippen LogP contribution in [0.2, 0.25) is 0 Å². The van der Waals surface area contributed by atoms with Crippen molar-refractivity contribution in [3.63, 3.8) is 0 Å². The number of piperidine rings is 1.